The summed E-state index contributed by atoms with van der Waals surface area (Å²) < 4.78 is 0. The summed E-state index contributed by atoms with van der Waals surface area (Å²) in [5.41, 5.74) is 2.78. The first-order chi connectivity index (χ1) is 13.8. The van der Waals surface area contributed by atoms with Gasteiger partial charge in [-0.2, -0.15) is 0 Å². The van der Waals surface area contributed by atoms with Crippen LogP contribution < -0.4 is 5.46 Å². The van der Waals surface area contributed by atoms with E-state index in [1.807, 2.05) is 60.7 Å². The van der Waals surface area contributed by atoms with Gasteiger partial charge in [-0.3, -0.25) is 10.1 Å². The Morgan fingerprint density at radius 3 is 1.75 bits per heavy atom. The molecular formula is C24H17BO3. The average molecular weight is 364 g/mol. The molecule has 5 rings (SSSR count). The van der Waals surface area contributed by atoms with Gasteiger partial charge in [0.2, 0.25) is 0 Å². The van der Waals surface area contributed by atoms with Gasteiger partial charge in [0, 0.05) is 5.46 Å². The molecule has 0 aliphatic rings. The largest absolute Gasteiger partial charge is 0.523 e. The van der Waals surface area contributed by atoms with Gasteiger partial charge in [-0.05, 0) is 49.5 Å². The van der Waals surface area contributed by atoms with Gasteiger partial charge < -0.3 is 5.02 Å². The highest BCUT2D eigenvalue weighted by atomic mass is 17.1. The molecule has 0 aromatic heterocycles. The van der Waals surface area contributed by atoms with Crippen molar-refractivity contribution in [1.29, 1.82) is 0 Å². The molecule has 4 heteroatoms. The lowest BCUT2D eigenvalue weighted by Gasteiger charge is -2.17. The maximum absolute atomic E-state index is 10.4. The fourth-order valence-electron chi connectivity index (χ4n) is 4.14. The predicted octanol–water partition coefficient (Wildman–Crippen LogP) is 4.99. The standard InChI is InChI=1S/C24H17BO3/c26-25(28-27)24-21-11-5-3-9-19(21)23(20-10-4-6-12-22(20)24)18-14-13-16-7-1-2-8-17(16)15-18/h1-15,26-27H. The van der Waals surface area contributed by atoms with E-state index in [1.54, 1.807) is 0 Å². The van der Waals surface area contributed by atoms with Crippen LogP contribution in [0, 0.1) is 0 Å². The Labute approximate surface area is 162 Å². The van der Waals surface area contributed by atoms with Crippen molar-refractivity contribution in [2.45, 2.75) is 0 Å². The maximum atomic E-state index is 10.4. The number of hydrogen-bond donors (Lipinski definition) is 2. The molecule has 0 aliphatic carbocycles. The molecule has 0 atom stereocenters. The molecule has 5 aromatic rings. The van der Waals surface area contributed by atoms with Crippen LogP contribution in [-0.4, -0.2) is 17.4 Å². The molecule has 0 saturated heterocycles. The van der Waals surface area contributed by atoms with E-state index >= 15 is 0 Å². The zero-order chi connectivity index (χ0) is 19.1. The second kappa shape index (κ2) is 6.77. The molecule has 0 bridgehead atoms. The Morgan fingerprint density at radius 1 is 0.607 bits per heavy atom. The van der Waals surface area contributed by atoms with Crippen LogP contribution in [0.1, 0.15) is 0 Å². The normalized spacial score (nSPS) is 11.4. The first-order valence-corrected chi connectivity index (χ1v) is 9.19. The third-order valence-electron chi connectivity index (χ3n) is 5.36. The second-order valence-electron chi connectivity index (χ2n) is 6.90. The van der Waals surface area contributed by atoms with Crippen molar-refractivity contribution in [3.63, 3.8) is 0 Å². The van der Waals surface area contributed by atoms with Gasteiger partial charge in [0.25, 0.3) is 0 Å². The highest BCUT2D eigenvalue weighted by molar-refractivity contribution is 6.67. The predicted molar refractivity (Wildman–Crippen MR) is 116 cm³/mol. The van der Waals surface area contributed by atoms with Crippen molar-refractivity contribution in [3.05, 3.63) is 91.0 Å². The summed E-state index contributed by atoms with van der Waals surface area (Å²) in [7, 11) is -1.42. The lowest BCUT2D eigenvalue weighted by atomic mass is 9.72. The van der Waals surface area contributed by atoms with Crippen molar-refractivity contribution < 1.29 is 15.1 Å². The summed E-state index contributed by atoms with van der Waals surface area (Å²) >= 11 is 0. The minimum Gasteiger partial charge on any atom is -0.422 e. The van der Waals surface area contributed by atoms with E-state index < -0.39 is 7.12 Å². The summed E-state index contributed by atoms with van der Waals surface area (Å²) in [6, 6.07) is 30.6. The van der Waals surface area contributed by atoms with E-state index in [9.17, 15) is 5.02 Å². The first kappa shape index (κ1) is 17.0. The molecule has 0 radical (unpaired) electrons. The minimum atomic E-state index is -1.42. The van der Waals surface area contributed by atoms with E-state index in [2.05, 4.69) is 35.1 Å². The summed E-state index contributed by atoms with van der Waals surface area (Å²) in [6.45, 7) is 0. The fraction of sp³-hybridized carbons (Fsp3) is 0. The van der Waals surface area contributed by atoms with E-state index in [0.717, 1.165) is 32.7 Å². The lowest BCUT2D eigenvalue weighted by molar-refractivity contribution is -0.154. The highest BCUT2D eigenvalue weighted by Crippen LogP contribution is 2.36. The van der Waals surface area contributed by atoms with Gasteiger partial charge in [-0.15, -0.1) is 0 Å². The topological polar surface area (TPSA) is 49.7 Å². The first-order valence-electron chi connectivity index (χ1n) is 9.19. The van der Waals surface area contributed by atoms with Gasteiger partial charge >= 0.3 is 7.12 Å². The number of fused-ring (bicyclic) bond motifs is 3. The maximum Gasteiger partial charge on any atom is 0.523 e. The molecule has 0 saturated carbocycles. The van der Waals surface area contributed by atoms with Crippen LogP contribution >= 0.6 is 0 Å². The lowest BCUT2D eigenvalue weighted by Crippen LogP contribution is -2.34. The summed E-state index contributed by atoms with van der Waals surface area (Å²) in [5.74, 6) is 0. The van der Waals surface area contributed by atoms with E-state index in [1.165, 1.54) is 10.8 Å². The fourth-order valence-corrected chi connectivity index (χ4v) is 4.14. The third-order valence-corrected chi connectivity index (χ3v) is 5.36. The Hall–Kier alpha value is -3.18. The van der Waals surface area contributed by atoms with Gasteiger partial charge in [-0.25, -0.2) is 0 Å². The average Bonchev–Trinajstić information content (AvgIpc) is 2.76. The van der Waals surface area contributed by atoms with Gasteiger partial charge in [0.15, 0.2) is 0 Å². The van der Waals surface area contributed by atoms with E-state index in [-0.39, 0.29) is 0 Å². The number of benzene rings is 5. The van der Waals surface area contributed by atoms with Crippen LogP contribution in [0.25, 0.3) is 43.4 Å². The van der Waals surface area contributed by atoms with Crippen molar-refractivity contribution >= 4 is 44.9 Å². The molecule has 0 aliphatic heterocycles. The Kier molecular flexibility index (Phi) is 4.10. The molecule has 2 N–H and O–H groups in total. The number of rotatable bonds is 3. The van der Waals surface area contributed by atoms with Crippen LogP contribution in [0.2, 0.25) is 0 Å². The minimum absolute atomic E-state index is 0.568. The molecule has 0 heterocycles. The molecule has 28 heavy (non-hydrogen) atoms. The molecule has 0 amide bonds. The van der Waals surface area contributed by atoms with Crippen LogP contribution in [0.4, 0.5) is 0 Å². The molecule has 5 aromatic carbocycles. The Morgan fingerprint density at radius 2 is 1.14 bits per heavy atom. The Balaban J connectivity index is 1.95. The molecule has 0 unspecified atom stereocenters. The van der Waals surface area contributed by atoms with Crippen molar-refractivity contribution in [2.75, 3.05) is 0 Å². The molecular weight excluding hydrogens is 347 g/mol. The molecule has 0 spiro atoms. The Bertz CT molecular complexity index is 1270. The van der Waals surface area contributed by atoms with Gasteiger partial charge in [0.1, 0.15) is 0 Å². The quantitative estimate of drug-likeness (QED) is 0.205. The van der Waals surface area contributed by atoms with Crippen LogP contribution in [0.5, 0.6) is 0 Å². The van der Waals surface area contributed by atoms with Crippen molar-refractivity contribution in [1.82, 2.24) is 0 Å². The van der Waals surface area contributed by atoms with Gasteiger partial charge in [0.05, 0.1) is 0 Å². The highest BCUT2D eigenvalue weighted by Gasteiger charge is 2.25. The van der Waals surface area contributed by atoms with E-state index in [4.69, 9.17) is 5.26 Å². The summed E-state index contributed by atoms with van der Waals surface area (Å²) in [5, 5.41) is 25.6. The van der Waals surface area contributed by atoms with Crippen molar-refractivity contribution in [2.24, 2.45) is 0 Å². The smallest absolute Gasteiger partial charge is 0.422 e. The molecule has 0 fully saturated rings. The van der Waals surface area contributed by atoms with Gasteiger partial charge in [-0.1, -0.05) is 84.9 Å². The van der Waals surface area contributed by atoms with Crippen LogP contribution in [0.3, 0.4) is 0 Å². The SMILES string of the molecule is OOB(O)c1c2ccccc2c(-c2ccc3ccccc3c2)c2ccccc12. The second-order valence-corrected chi connectivity index (χ2v) is 6.90. The summed E-state index contributed by atoms with van der Waals surface area (Å²) in [6.07, 6.45) is 0. The molecule has 134 valence electrons. The monoisotopic (exact) mass is 364 g/mol. The van der Waals surface area contributed by atoms with Crippen LogP contribution in [0.15, 0.2) is 91.0 Å². The zero-order valence-electron chi connectivity index (χ0n) is 15.0. The summed E-state index contributed by atoms with van der Waals surface area (Å²) in [4.78, 5) is 4.31. The van der Waals surface area contributed by atoms with E-state index in [0.29, 0.717) is 5.46 Å². The van der Waals surface area contributed by atoms with Crippen LogP contribution in [-0.2, 0) is 4.81 Å². The number of hydrogen-bond acceptors (Lipinski definition) is 3. The zero-order valence-corrected chi connectivity index (χ0v) is 15.0. The third kappa shape index (κ3) is 2.59. The molecule has 3 nitrogen and oxygen atoms in total. The van der Waals surface area contributed by atoms with Crippen molar-refractivity contribution in [3.8, 4) is 11.1 Å².